The predicted octanol–water partition coefficient (Wildman–Crippen LogP) is 3.08. The van der Waals surface area contributed by atoms with Crippen molar-refractivity contribution in [3.8, 4) is 0 Å². The summed E-state index contributed by atoms with van der Waals surface area (Å²) >= 11 is 0. The van der Waals surface area contributed by atoms with Gasteiger partial charge in [0.2, 0.25) is 0 Å². The van der Waals surface area contributed by atoms with Crippen molar-refractivity contribution in [2.75, 3.05) is 0 Å². The molecule has 0 saturated carbocycles. The van der Waals surface area contributed by atoms with Crippen LogP contribution in [0.5, 0.6) is 0 Å². The third-order valence-electron chi connectivity index (χ3n) is 1.51. The van der Waals surface area contributed by atoms with E-state index < -0.39 is 0 Å². The van der Waals surface area contributed by atoms with Crippen molar-refractivity contribution in [2.45, 2.75) is 6.92 Å². The van der Waals surface area contributed by atoms with Crippen LogP contribution < -0.4 is 0 Å². The van der Waals surface area contributed by atoms with Crippen molar-refractivity contribution < 1.29 is 0 Å². The molecule has 2 aromatic rings. The van der Waals surface area contributed by atoms with Gasteiger partial charge >= 0.3 is 0 Å². The fourth-order valence-corrected chi connectivity index (χ4v) is 0.847. The molecule has 1 heteroatoms. The predicted molar refractivity (Wildman–Crippen MR) is 55.4 cm³/mol. The summed E-state index contributed by atoms with van der Waals surface area (Å²) < 4.78 is 0. The summed E-state index contributed by atoms with van der Waals surface area (Å²) in [6.07, 6.45) is 3.50. The minimum atomic E-state index is 1.32. The highest BCUT2D eigenvalue weighted by molar-refractivity contribution is 5.11. The Labute approximate surface area is 79.1 Å². The van der Waals surface area contributed by atoms with Crippen molar-refractivity contribution in [1.29, 1.82) is 0 Å². The summed E-state index contributed by atoms with van der Waals surface area (Å²) in [6.45, 7) is 2.08. The second kappa shape index (κ2) is 5.95. The molecule has 2 rings (SSSR count). The smallest absolute Gasteiger partial charge is 0.0267 e. The molecule has 0 N–H and O–H groups in total. The molecule has 0 aliphatic heterocycles. The topological polar surface area (TPSA) is 12.9 Å². The molecule has 0 unspecified atom stereocenters. The highest BCUT2D eigenvalue weighted by Gasteiger charge is 1.72. The number of hydrogen-bond acceptors (Lipinski definition) is 1. The molecule has 0 radical (unpaired) electrons. The van der Waals surface area contributed by atoms with E-state index in [9.17, 15) is 0 Å². The van der Waals surface area contributed by atoms with Gasteiger partial charge in [0, 0.05) is 12.4 Å². The standard InChI is InChI=1S/C7H8.C5H5N/c1-7-5-3-2-4-6-7;1-2-4-6-5-3-1/h2-6H,1H3;1-5H. The highest BCUT2D eigenvalue weighted by atomic mass is 14.6. The summed E-state index contributed by atoms with van der Waals surface area (Å²) in [5.74, 6) is 0. The SMILES string of the molecule is Cc1ccccc1.c1ccncc1. The van der Waals surface area contributed by atoms with E-state index in [2.05, 4.69) is 24.0 Å². The molecule has 0 atom stereocenters. The van der Waals surface area contributed by atoms with Crippen LogP contribution in [0.3, 0.4) is 0 Å². The van der Waals surface area contributed by atoms with Crippen LogP contribution in [0.4, 0.5) is 0 Å². The number of hydrogen-bond donors (Lipinski definition) is 0. The second-order valence-electron chi connectivity index (χ2n) is 2.68. The maximum Gasteiger partial charge on any atom is 0.0267 e. The van der Waals surface area contributed by atoms with Crippen LogP contribution in [0.25, 0.3) is 0 Å². The third kappa shape index (κ3) is 4.75. The van der Waals surface area contributed by atoms with Gasteiger partial charge in [0.05, 0.1) is 0 Å². The molecule has 0 spiro atoms. The molecule has 0 saturated heterocycles. The van der Waals surface area contributed by atoms with E-state index in [1.807, 2.05) is 36.4 Å². The lowest BCUT2D eigenvalue weighted by atomic mass is 10.2. The minimum absolute atomic E-state index is 1.32. The number of benzene rings is 1. The lowest BCUT2D eigenvalue weighted by Crippen LogP contribution is -1.62. The lowest BCUT2D eigenvalue weighted by Gasteiger charge is -1.82. The van der Waals surface area contributed by atoms with Crippen molar-refractivity contribution in [2.24, 2.45) is 0 Å². The number of pyridine rings is 1. The Hall–Kier alpha value is -1.63. The fourth-order valence-electron chi connectivity index (χ4n) is 0.847. The van der Waals surface area contributed by atoms with Gasteiger partial charge in [-0.3, -0.25) is 4.98 Å². The van der Waals surface area contributed by atoms with Crippen molar-refractivity contribution in [3.05, 3.63) is 66.5 Å². The van der Waals surface area contributed by atoms with Crippen LogP contribution in [-0.2, 0) is 0 Å². The van der Waals surface area contributed by atoms with E-state index in [1.165, 1.54) is 5.56 Å². The summed E-state index contributed by atoms with van der Waals surface area (Å²) in [4.78, 5) is 3.78. The molecule has 0 aliphatic carbocycles. The molecule has 0 amide bonds. The van der Waals surface area contributed by atoms with Gasteiger partial charge in [0.15, 0.2) is 0 Å². The van der Waals surface area contributed by atoms with E-state index in [0.717, 1.165) is 0 Å². The molecule has 0 aliphatic rings. The van der Waals surface area contributed by atoms with Crippen molar-refractivity contribution in [3.63, 3.8) is 0 Å². The Morgan fingerprint density at radius 2 is 1.31 bits per heavy atom. The number of nitrogens with zero attached hydrogens (tertiary/aromatic N) is 1. The largest absolute Gasteiger partial charge is 0.265 e. The average molecular weight is 171 g/mol. The van der Waals surface area contributed by atoms with Crippen LogP contribution in [0.2, 0.25) is 0 Å². The normalized spacial score (nSPS) is 8.38. The van der Waals surface area contributed by atoms with Crippen LogP contribution in [0.1, 0.15) is 5.56 Å². The second-order valence-corrected chi connectivity index (χ2v) is 2.68. The van der Waals surface area contributed by atoms with Gasteiger partial charge in [-0.2, -0.15) is 0 Å². The molecule has 0 bridgehead atoms. The molecule has 0 fully saturated rings. The Morgan fingerprint density at radius 1 is 0.769 bits per heavy atom. The van der Waals surface area contributed by atoms with E-state index >= 15 is 0 Å². The van der Waals surface area contributed by atoms with Gasteiger partial charge < -0.3 is 0 Å². The van der Waals surface area contributed by atoms with E-state index in [4.69, 9.17) is 0 Å². The van der Waals surface area contributed by atoms with Crippen LogP contribution in [0, 0.1) is 6.92 Å². The first-order valence-electron chi connectivity index (χ1n) is 4.26. The van der Waals surface area contributed by atoms with Crippen molar-refractivity contribution >= 4 is 0 Å². The summed E-state index contributed by atoms with van der Waals surface area (Å²) in [5, 5.41) is 0. The molecule has 1 nitrogen and oxygen atoms in total. The number of aromatic nitrogens is 1. The maximum absolute atomic E-state index is 3.78. The van der Waals surface area contributed by atoms with Gasteiger partial charge in [-0.15, -0.1) is 0 Å². The lowest BCUT2D eigenvalue weighted by molar-refractivity contribution is 1.33. The molecule has 1 aromatic carbocycles. The average Bonchev–Trinajstić information content (AvgIpc) is 2.22. The first-order chi connectivity index (χ1) is 6.39. The summed E-state index contributed by atoms with van der Waals surface area (Å²) in [7, 11) is 0. The quantitative estimate of drug-likeness (QED) is 0.593. The van der Waals surface area contributed by atoms with Crippen molar-refractivity contribution in [1.82, 2.24) is 4.98 Å². The zero-order valence-corrected chi connectivity index (χ0v) is 7.72. The molecule has 13 heavy (non-hydrogen) atoms. The van der Waals surface area contributed by atoms with E-state index in [-0.39, 0.29) is 0 Å². The number of aryl methyl sites for hydroxylation is 1. The van der Waals surface area contributed by atoms with Crippen LogP contribution in [0.15, 0.2) is 60.9 Å². The fraction of sp³-hybridized carbons (Fsp3) is 0.0833. The zero-order valence-electron chi connectivity index (χ0n) is 7.72. The summed E-state index contributed by atoms with van der Waals surface area (Å²) in [5.41, 5.74) is 1.32. The van der Waals surface area contributed by atoms with E-state index in [0.29, 0.717) is 0 Å². The molecule has 1 aromatic heterocycles. The van der Waals surface area contributed by atoms with Gasteiger partial charge in [-0.05, 0) is 19.1 Å². The Balaban J connectivity index is 0.000000132. The van der Waals surface area contributed by atoms with Crippen LogP contribution >= 0.6 is 0 Å². The first-order valence-corrected chi connectivity index (χ1v) is 4.26. The van der Waals surface area contributed by atoms with Gasteiger partial charge in [-0.25, -0.2) is 0 Å². The minimum Gasteiger partial charge on any atom is -0.265 e. The third-order valence-corrected chi connectivity index (χ3v) is 1.51. The Kier molecular flexibility index (Phi) is 4.33. The van der Waals surface area contributed by atoms with Gasteiger partial charge in [-0.1, -0.05) is 42.0 Å². The molecule has 1 heterocycles. The molecular formula is C12H13N. The van der Waals surface area contributed by atoms with Gasteiger partial charge in [0.25, 0.3) is 0 Å². The van der Waals surface area contributed by atoms with Gasteiger partial charge in [0.1, 0.15) is 0 Å². The molecular weight excluding hydrogens is 158 g/mol. The maximum atomic E-state index is 3.78. The Morgan fingerprint density at radius 3 is 1.54 bits per heavy atom. The molecule has 66 valence electrons. The van der Waals surface area contributed by atoms with E-state index in [1.54, 1.807) is 12.4 Å². The van der Waals surface area contributed by atoms with Crippen LogP contribution in [-0.4, -0.2) is 4.98 Å². The monoisotopic (exact) mass is 171 g/mol. The highest BCUT2D eigenvalue weighted by Crippen LogP contribution is 1.92. The first kappa shape index (κ1) is 9.46. The Bertz CT molecular complexity index is 276. The zero-order chi connectivity index (χ0) is 9.36. The summed E-state index contributed by atoms with van der Waals surface area (Å²) in [6, 6.07) is 16.0. The number of rotatable bonds is 0.